The molecule has 8 heteroatoms. The van der Waals surface area contributed by atoms with Crippen LogP contribution < -0.4 is 9.64 Å². The summed E-state index contributed by atoms with van der Waals surface area (Å²) in [6.07, 6.45) is 3.29. The summed E-state index contributed by atoms with van der Waals surface area (Å²) in [5.41, 5.74) is 1.21. The number of nitrogens with zero attached hydrogens (tertiary/aromatic N) is 3. The van der Waals surface area contributed by atoms with Crippen molar-refractivity contribution < 1.29 is 13.9 Å². The molecule has 118 valence electrons. The molecule has 3 aromatic rings. The SMILES string of the molecule is COc1cc(N(C)C(=O)c2nc3c(Br)cncc3s2)ccc1F. The van der Waals surface area contributed by atoms with Crippen LogP contribution in [0.4, 0.5) is 10.1 Å². The van der Waals surface area contributed by atoms with Gasteiger partial charge < -0.3 is 9.64 Å². The van der Waals surface area contributed by atoms with Gasteiger partial charge in [-0.3, -0.25) is 9.78 Å². The minimum Gasteiger partial charge on any atom is -0.494 e. The average molecular weight is 396 g/mol. The Balaban J connectivity index is 1.96. The van der Waals surface area contributed by atoms with Crippen LogP contribution in [0.2, 0.25) is 0 Å². The fourth-order valence-corrected chi connectivity index (χ4v) is 3.52. The van der Waals surface area contributed by atoms with E-state index >= 15 is 0 Å². The molecule has 23 heavy (non-hydrogen) atoms. The molecule has 0 atom stereocenters. The number of amides is 1. The zero-order chi connectivity index (χ0) is 16.6. The molecule has 2 heterocycles. The molecule has 0 spiro atoms. The summed E-state index contributed by atoms with van der Waals surface area (Å²) in [5.74, 6) is -0.683. The summed E-state index contributed by atoms with van der Waals surface area (Å²) in [7, 11) is 2.98. The number of benzene rings is 1. The van der Waals surface area contributed by atoms with Gasteiger partial charge in [0.2, 0.25) is 0 Å². The second kappa shape index (κ2) is 6.21. The molecule has 5 nitrogen and oxygen atoms in total. The number of halogens is 2. The number of methoxy groups -OCH3 is 1. The fourth-order valence-electron chi connectivity index (χ4n) is 2.03. The smallest absolute Gasteiger partial charge is 0.287 e. The molecule has 0 fully saturated rings. The van der Waals surface area contributed by atoms with Gasteiger partial charge in [0.05, 0.1) is 21.8 Å². The van der Waals surface area contributed by atoms with E-state index in [4.69, 9.17) is 4.74 Å². The van der Waals surface area contributed by atoms with Gasteiger partial charge in [-0.2, -0.15) is 0 Å². The summed E-state index contributed by atoms with van der Waals surface area (Å²) in [6.45, 7) is 0. The van der Waals surface area contributed by atoms with E-state index in [1.807, 2.05) is 0 Å². The Morgan fingerprint density at radius 1 is 1.39 bits per heavy atom. The van der Waals surface area contributed by atoms with Crippen molar-refractivity contribution in [1.82, 2.24) is 9.97 Å². The first-order valence-electron chi connectivity index (χ1n) is 6.53. The molecule has 0 aliphatic heterocycles. The van der Waals surface area contributed by atoms with Crippen LogP contribution in [0.3, 0.4) is 0 Å². The standard InChI is InChI=1S/C15H11BrFN3O2S/c1-20(8-3-4-10(17)11(5-8)22-2)15(21)14-19-13-9(16)6-18-7-12(13)23-14/h3-7H,1-2H3. The predicted molar refractivity (Wildman–Crippen MR) is 90.8 cm³/mol. The van der Waals surface area contributed by atoms with Gasteiger partial charge in [0, 0.05) is 31.2 Å². The first-order valence-corrected chi connectivity index (χ1v) is 8.14. The number of carbonyl (C=O) groups is 1. The Morgan fingerprint density at radius 3 is 2.87 bits per heavy atom. The van der Waals surface area contributed by atoms with E-state index in [0.29, 0.717) is 16.2 Å². The van der Waals surface area contributed by atoms with Gasteiger partial charge in [-0.05, 0) is 28.1 Å². The summed E-state index contributed by atoms with van der Waals surface area (Å²) in [6, 6.07) is 4.25. The summed E-state index contributed by atoms with van der Waals surface area (Å²) in [4.78, 5) is 22.4. The lowest BCUT2D eigenvalue weighted by Crippen LogP contribution is -2.26. The van der Waals surface area contributed by atoms with Gasteiger partial charge in [0.25, 0.3) is 5.91 Å². The molecular formula is C15H11BrFN3O2S. The van der Waals surface area contributed by atoms with E-state index in [9.17, 15) is 9.18 Å². The summed E-state index contributed by atoms with van der Waals surface area (Å²) in [5, 5.41) is 0.333. The molecule has 0 N–H and O–H groups in total. The third kappa shape index (κ3) is 2.91. The largest absolute Gasteiger partial charge is 0.494 e. The minimum atomic E-state index is -0.480. The molecule has 0 saturated heterocycles. The van der Waals surface area contributed by atoms with Crippen LogP contribution in [0.1, 0.15) is 9.80 Å². The highest BCUT2D eigenvalue weighted by atomic mass is 79.9. The van der Waals surface area contributed by atoms with Gasteiger partial charge in [0.15, 0.2) is 16.6 Å². The van der Waals surface area contributed by atoms with Crippen LogP contribution >= 0.6 is 27.3 Å². The fraction of sp³-hybridized carbons (Fsp3) is 0.133. The van der Waals surface area contributed by atoms with E-state index in [-0.39, 0.29) is 11.7 Å². The van der Waals surface area contributed by atoms with Gasteiger partial charge in [-0.25, -0.2) is 9.37 Å². The van der Waals surface area contributed by atoms with Crippen LogP contribution in [0.25, 0.3) is 10.2 Å². The van der Waals surface area contributed by atoms with Crippen molar-refractivity contribution in [3.63, 3.8) is 0 Å². The molecule has 0 bridgehead atoms. The number of carbonyl (C=O) groups excluding carboxylic acids is 1. The third-order valence-electron chi connectivity index (χ3n) is 3.27. The second-order valence-electron chi connectivity index (χ2n) is 4.67. The highest BCUT2D eigenvalue weighted by molar-refractivity contribution is 9.10. The molecule has 0 radical (unpaired) electrons. The van der Waals surface area contributed by atoms with Crippen molar-refractivity contribution in [2.45, 2.75) is 0 Å². The Hall–Kier alpha value is -2.06. The molecule has 3 rings (SSSR count). The highest BCUT2D eigenvalue weighted by Gasteiger charge is 2.20. The van der Waals surface area contributed by atoms with Crippen LogP contribution in [-0.4, -0.2) is 30.0 Å². The van der Waals surface area contributed by atoms with Gasteiger partial charge in [0.1, 0.15) is 0 Å². The normalized spacial score (nSPS) is 10.8. The monoisotopic (exact) mass is 395 g/mol. The first-order chi connectivity index (χ1) is 11.0. The number of ether oxygens (including phenoxy) is 1. The molecule has 0 aliphatic carbocycles. The Bertz CT molecular complexity index is 900. The summed E-state index contributed by atoms with van der Waals surface area (Å²) < 4.78 is 20.0. The summed E-state index contributed by atoms with van der Waals surface area (Å²) >= 11 is 4.62. The van der Waals surface area contributed by atoms with Crippen molar-refractivity contribution in [3.8, 4) is 5.75 Å². The van der Waals surface area contributed by atoms with E-state index in [1.165, 1.54) is 41.5 Å². The number of fused-ring (bicyclic) bond motifs is 1. The molecule has 2 aromatic heterocycles. The molecule has 1 amide bonds. The van der Waals surface area contributed by atoms with Crippen molar-refractivity contribution >= 4 is 49.1 Å². The lowest BCUT2D eigenvalue weighted by Gasteiger charge is -2.16. The van der Waals surface area contributed by atoms with Crippen molar-refractivity contribution in [2.24, 2.45) is 0 Å². The number of anilines is 1. The quantitative estimate of drug-likeness (QED) is 0.675. The van der Waals surface area contributed by atoms with E-state index in [1.54, 1.807) is 19.4 Å². The Kier molecular flexibility index (Phi) is 4.27. The van der Waals surface area contributed by atoms with Gasteiger partial charge in [-0.1, -0.05) is 0 Å². The zero-order valence-electron chi connectivity index (χ0n) is 12.2. The first kappa shape index (κ1) is 15.8. The minimum absolute atomic E-state index is 0.0818. The molecule has 0 saturated carbocycles. The van der Waals surface area contributed by atoms with E-state index < -0.39 is 5.82 Å². The van der Waals surface area contributed by atoms with E-state index in [0.717, 1.165) is 9.17 Å². The number of pyridine rings is 1. The lowest BCUT2D eigenvalue weighted by molar-refractivity contribution is 0.0993. The molecule has 0 aliphatic rings. The second-order valence-corrected chi connectivity index (χ2v) is 6.56. The van der Waals surface area contributed by atoms with Crippen molar-refractivity contribution in [3.05, 3.63) is 45.9 Å². The third-order valence-corrected chi connectivity index (χ3v) is 4.83. The maximum absolute atomic E-state index is 13.5. The van der Waals surface area contributed by atoms with Gasteiger partial charge in [-0.15, -0.1) is 11.3 Å². The van der Waals surface area contributed by atoms with Crippen molar-refractivity contribution in [2.75, 3.05) is 19.1 Å². The molecule has 1 aromatic carbocycles. The zero-order valence-corrected chi connectivity index (χ0v) is 14.6. The van der Waals surface area contributed by atoms with Crippen molar-refractivity contribution in [1.29, 1.82) is 0 Å². The Morgan fingerprint density at radius 2 is 2.17 bits per heavy atom. The molecular weight excluding hydrogens is 385 g/mol. The number of aromatic nitrogens is 2. The van der Waals surface area contributed by atoms with E-state index in [2.05, 4.69) is 25.9 Å². The number of thiazole rings is 1. The molecule has 0 unspecified atom stereocenters. The number of hydrogen-bond donors (Lipinski definition) is 0. The number of rotatable bonds is 3. The Labute approximate surface area is 143 Å². The van der Waals surface area contributed by atoms with Gasteiger partial charge >= 0.3 is 0 Å². The van der Waals surface area contributed by atoms with Crippen LogP contribution in [0.5, 0.6) is 5.75 Å². The van der Waals surface area contributed by atoms with Crippen LogP contribution in [0.15, 0.2) is 35.1 Å². The van der Waals surface area contributed by atoms with Crippen LogP contribution in [0, 0.1) is 5.82 Å². The average Bonchev–Trinajstić information content (AvgIpc) is 2.99. The van der Waals surface area contributed by atoms with Crippen LogP contribution in [-0.2, 0) is 0 Å². The number of hydrogen-bond acceptors (Lipinski definition) is 5. The lowest BCUT2D eigenvalue weighted by atomic mass is 10.2. The predicted octanol–water partition coefficient (Wildman–Crippen LogP) is 3.88. The highest BCUT2D eigenvalue weighted by Crippen LogP contribution is 2.29. The maximum Gasteiger partial charge on any atom is 0.287 e. The maximum atomic E-state index is 13.5. The topological polar surface area (TPSA) is 55.3 Å².